The molecule has 0 radical (unpaired) electrons. The van der Waals surface area contributed by atoms with Crippen LogP contribution in [-0.4, -0.2) is 30.7 Å². The molecule has 10 heteroatoms. The second-order valence-electron chi connectivity index (χ2n) is 7.98. The first-order chi connectivity index (χ1) is 16.9. The average Bonchev–Trinajstić information content (AvgIpc) is 3.49. The van der Waals surface area contributed by atoms with Gasteiger partial charge in [0.05, 0.1) is 22.5 Å². The maximum Gasteiger partial charge on any atom is 0.251 e. The molecule has 9 nitrogen and oxygen atoms in total. The van der Waals surface area contributed by atoms with E-state index in [2.05, 4.69) is 15.0 Å². The number of hydrogen-bond acceptors (Lipinski definition) is 6. The number of hydrogen-bond donors (Lipinski definition) is 2. The van der Waals surface area contributed by atoms with Crippen molar-refractivity contribution in [2.45, 2.75) is 31.5 Å². The van der Waals surface area contributed by atoms with E-state index in [1.807, 2.05) is 35.8 Å². The normalized spacial score (nSPS) is 12.7. The SMILES string of the molecule is CCn1c(CNC(=O)c2cccc(S(=O)(=O)NCc3ccc4c(c3)OCO4)c2)nc2ccccc21. The van der Waals surface area contributed by atoms with E-state index in [-0.39, 0.29) is 36.2 Å². The van der Waals surface area contributed by atoms with Gasteiger partial charge in [0.1, 0.15) is 5.82 Å². The van der Waals surface area contributed by atoms with Crippen LogP contribution in [0.1, 0.15) is 28.7 Å². The molecule has 0 unspecified atom stereocenters. The van der Waals surface area contributed by atoms with Gasteiger partial charge in [-0.2, -0.15) is 0 Å². The highest BCUT2D eigenvalue weighted by Gasteiger charge is 2.18. The summed E-state index contributed by atoms with van der Waals surface area (Å²) in [6.45, 7) is 3.18. The molecule has 1 aliphatic heterocycles. The molecule has 1 aliphatic rings. The summed E-state index contributed by atoms with van der Waals surface area (Å²) in [4.78, 5) is 17.4. The number of rotatable bonds is 8. The van der Waals surface area contributed by atoms with E-state index in [0.29, 0.717) is 18.0 Å². The summed E-state index contributed by atoms with van der Waals surface area (Å²) < 4.78 is 40.9. The number of imidazole rings is 1. The molecule has 0 aliphatic carbocycles. The molecule has 1 amide bonds. The minimum absolute atomic E-state index is 0.00619. The number of para-hydroxylation sites is 2. The lowest BCUT2D eigenvalue weighted by Crippen LogP contribution is -2.26. The smallest absolute Gasteiger partial charge is 0.251 e. The Morgan fingerprint density at radius 3 is 2.69 bits per heavy atom. The molecular formula is C25H24N4O5S. The highest BCUT2D eigenvalue weighted by molar-refractivity contribution is 7.89. The number of fused-ring (bicyclic) bond motifs is 2. The van der Waals surface area contributed by atoms with Crippen LogP contribution in [0.2, 0.25) is 0 Å². The standard InChI is InChI=1S/C25H24N4O5S/c1-2-29-21-9-4-3-8-20(21)28-24(29)15-26-25(30)18-6-5-7-19(13-18)35(31,32)27-14-17-10-11-22-23(12-17)34-16-33-22/h3-13,27H,2,14-16H2,1H3,(H,26,30). The summed E-state index contributed by atoms with van der Waals surface area (Å²) in [5, 5.41) is 2.85. The molecule has 0 atom stereocenters. The molecule has 2 heterocycles. The fraction of sp³-hybridized carbons (Fsp3) is 0.200. The number of carbonyl (C=O) groups excluding carboxylic acids is 1. The van der Waals surface area contributed by atoms with Gasteiger partial charge in [-0.25, -0.2) is 18.1 Å². The van der Waals surface area contributed by atoms with E-state index in [0.717, 1.165) is 22.4 Å². The first-order valence-corrected chi connectivity index (χ1v) is 12.6. The van der Waals surface area contributed by atoms with Crippen LogP contribution < -0.4 is 19.5 Å². The molecule has 4 aromatic rings. The molecule has 35 heavy (non-hydrogen) atoms. The van der Waals surface area contributed by atoms with E-state index in [9.17, 15) is 13.2 Å². The van der Waals surface area contributed by atoms with Gasteiger partial charge in [-0.15, -0.1) is 0 Å². The van der Waals surface area contributed by atoms with Gasteiger partial charge in [-0.1, -0.05) is 24.3 Å². The molecular weight excluding hydrogens is 468 g/mol. The van der Waals surface area contributed by atoms with E-state index in [1.165, 1.54) is 12.1 Å². The summed E-state index contributed by atoms with van der Waals surface area (Å²) in [7, 11) is -3.84. The fourth-order valence-corrected chi connectivity index (χ4v) is 5.05. The second kappa shape index (κ2) is 9.40. The zero-order valence-corrected chi connectivity index (χ0v) is 19.8. The van der Waals surface area contributed by atoms with E-state index in [4.69, 9.17) is 9.47 Å². The van der Waals surface area contributed by atoms with E-state index < -0.39 is 10.0 Å². The van der Waals surface area contributed by atoms with Gasteiger partial charge in [0.2, 0.25) is 16.8 Å². The number of nitrogens with zero attached hydrogens (tertiary/aromatic N) is 2. The highest BCUT2D eigenvalue weighted by Crippen LogP contribution is 2.32. The monoisotopic (exact) mass is 492 g/mol. The molecule has 0 saturated carbocycles. The number of aromatic nitrogens is 2. The lowest BCUT2D eigenvalue weighted by atomic mass is 10.2. The zero-order chi connectivity index (χ0) is 24.4. The van der Waals surface area contributed by atoms with Crippen LogP contribution in [0, 0.1) is 0 Å². The van der Waals surface area contributed by atoms with Crippen LogP contribution >= 0.6 is 0 Å². The Labute approximate surface area is 202 Å². The Balaban J connectivity index is 1.27. The molecule has 0 bridgehead atoms. The Morgan fingerprint density at radius 2 is 1.83 bits per heavy atom. The topological polar surface area (TPSA) is 112 Å². The minimum atomic E-state index is -3.84. The summed E-state index contributed by atoms with van der Waals surface area (Å²) in [5.74, 6) is 1.56. The lowest BCUT2D eigenvalue weighted by molar-refractivity contribution is 0.0949. The molecule has 3 aromatic carbocycles. The predicted molar refractivity (Wildman–Crippen MR) is 130 cm³/mol. The van der Waals surface area contributed by atoms with Gasteiger partial charge >= 0.3 is 0 Å². The molecule has 0 saturated heterocycles. The van der Waals surface area contributed by atoms with Crippen molar-refractivity contribution >= 4 is 27.0 Å². The maximum atomic E-state index is 12.9. The fourth-order valence-electron chi connectivity index (χ4n) is 3.99. The van der Waals surface area contributed by atoms with Crippen molar-refractivity contribution in [2.75, 3.05) is 6.79 Å². The van der Waals surface area contributed by atoms with Crippen LogP contribution in [0.15, 0.2) is 71.6 Å². The summed E-state index contributed by atoms with van der Waals surface area (Å²) in [6, 6.07) is 19.0. The van der Waals surface area contributed by atoms with Crippen molar-refractivity contribution in [3.05, 3.63) is 83.7 Å². The molecule has 1 aromatic heterocycles. The van der Waals surface area contributed by atoms with Crippen LogP contribution in [0.4, 0.5) is 0 Å². The van der Waals surface area contributed by atoms with Crippen molar-refractivity contribution in [1.82, 2.24) is 19.6 Å². The van der Waals surface area contributed by atoms with Crippen molar-refractivity contribution in [2.24, 2.45) is 0 Å². The zero-order valence-electron chi connectivity index (χ0n) is 19.0. The third-order valence-electron chi connectivity index (χ3n) is 5.77. The van der Waals surface area contributed by atoms with Gasteiger partial charge in [0.15, 0.2) is 11.5 Å². The molecule has 0 fully saturated rings. The lowest BCUT2D eigenvalue weighted by Gasteiger charge is -2.10. The number of nitrogens with one attached hydrogen (secondary N) is 2. The van der Waals surface area contributed by atoms with Crippen LogP contribution in [0.5, 0.6) is 11.5 Å². The number of carbonyl (C=O) groups is 1. The van der Waals surface area contributed by atoms with Gasteiger partial charge in [-0.05, 0) is 55.0 Å². The third-order valence-corrected chi connectivity index (χ3v) is 7.17. The maximum absolute atomic E-state index is 12.9. The van der Waals surface area contributed by atoms with Crippen molar-refractivity contribution in [3.63, 3.8) is 0 Å². The Kier molecular flexibility index (Phi) is 6.14. The van der Waals surface area contributed by atoms with Gasteiger partial charge in [0.25, 0.3) is 5.91 Å². The number of ether oxygens (including phenoxy) is 2. The van der Waals surface area contributed by atoms with Crippen LogP contribution in [0.25, 0.3) is 11.0 Å². The second-order valence-corrected chi connectivity index (χ2v) is 9.75. The third kappa shape index (κ3) is 4.71. The summed E-state index contributed by atoms with van der Waals surface area (Å²) in [6.07, 6.45) is 0. The highest BCUT2D eigenvalue weighted by atomic mass is 32.2. The van der Waals surface area contributed by atoms with E-state index in [1.54, 1.807) is 30.3 Å². The number of aryl methyl sites for hydroxylation is 1. The Morgan fingerprint density at radius 1 is 1.00 bits per heavy atom. The minimum Gasteiger partial charge on any atom is -0.454 e. The molecule has 2 N–H and O–H groups in total. The number of sulfonamides is 1. The molecule has 0 spiro atoms. The quantitative estimate of drug-likeness (QED) is 0.391. The molecule has 5 rings (SSSR count). The Bertz CT molecular complexity index is 1510. The Hall–Kier alpha value is -3.89. The van der Waals surface area contributed by atoms with Crippen LogP contribution in [-0.2, 0) is 29.7 Å². The first-order valence-electron chi connectivity index (χ1n) is 11.2. The molecule has 180 valence electrons. The largest absolute Gasteiger partial charge is 0.454 e. The summed E-state index contributed by atoms with van der Waals surface area (Å²) in [5.41, 5.74) is 2.83. The predicted octanol–water partition coefficient (Wildman–Crippen LogP) is 3.19. The number of benzene rings is 3. The van der Waals surface area contributed by atoms with Gasteiger partial charge in [-0.3, -0.25) is 4.79 Å². The first kappa shape index (κ1) is 22.9. The van der Waals surface area contributed by atoms with Crippen molar-refractivity contribution in [1.29, 1.82) is 0 Å². The summed E-state index contributed by atoms with van der Waals surface area (Å²) >= 11 is 0. The van der Waals surface area contributed by atoms with Crippen LogP contribution in [0.3, 0.4) is 0 Å². The van der Waals surface area contributed by atoms with Gasteiger partial charge in [0, 0.05) is 18.7 Å². The van der Waals surface area contributed by atoms with Gasteiger partial charge < -0.3 is 19.4 Å². The number of amides is 1. The van der Waals surface area contributed by atoms with E-state index >= 15 is 0 Å². The average molecular weight is 493 g/mol. The van der Waals surface area contributed by atoms with Crippen molar-refractivity contribution < 1.29 is 22.7 Å². The van der Waals surface area contributed by atoms with Crippen molar-refractivity contribution in [3.8, 4) is 11.5 Å².